The van der Waals surface area contributed by atoms with Crippen molar-refractivity contribution in [2.45, 2.75) is 111 Å². The highest BCUT2D eigenvalue weighted by atomic mass is 31.3. The van der Waals surface area contributed by atoms with Crippen LogP contribution in [-0.4, -0.2) is 91.4 Å². The van der Waals surface area contributed by atoms with Gasteiger partial charge in [0.1, 0.15) is 24.0 Å². The van der Waals surface area contributed by atoms with Crippen LogP contribution in [0.4, 0.5) is 9.59 Å². The third-order valence-electron chi connectivity index (χ3n) is 7.72. The van der Waals surface area contributed by atoms with Gasteiger partial charge in [0.25, 0.3) is 5.56 Å². The van der Waals surface area contributed by atoms with Gasteiger partial charge in [0.05, 0.1) is 25.4 Å². The van der Waals surface area contributed by atoms with Crippen molar-refractivity contribution in [1.82, 2.24) is 14.3 Å². The lowest BCUT2D eigenvalue weighted by atomic mass is 10.1. The molecule has 2 aromatic heterocycles. The Hall–Kier alpha value is -3.95. The largest absolute Gasteiger partial charge is 0.510 e. The van der Waals surface area contributed by atoms with Gasteiger partial charge in [0, 0.05) is 29.5 Å². The van der Waals surface area contributed by atoms with Crippen LogP contribution in [0.2, 0.25) is 0 Å². The number of hydrogen-bond donors (Lipinski definition) is 3. The summed E-state index contributed by atoms with van der Waals surface area (Å²) in [6.45, 7) is 10.5. The van der Waals surface area contributed by atoms with Crippen LogP contribution in [0.3, 0.4) is 0 Å². The summed E-state index contributed by atoms with van der Waals surface area (Å²) in [5.74, 6) is -1.64. The minimum absolute atomic E-state index is 0.259. The Morgan fingerprint density at radius 1 is 0.842 bits per heavy atom. The molecular weight excluding hydrogens is 804 g/mol. The summed E-state index contributed by atoms with van der Waals surface area (Å²) in [4.78, 5) is 61.6. The molecule has 0 amide bonds. The van der Waals surface area contributed by atoms with Gasteiger partial charge in [0.2, 0.25) is 12.6 Å². The summed E-state index contributed by atoms with van der Waals surface area (Å²) in [7, 11) is -11.1. The van der Waals surface area contributed by atoms with Gasteiger partial charge in [-0.2, -0.15) is 4.31 Å². The van der Waals surface area contributed by atoms with Crippen molar-refractivity contribution in [3.05, 3.63) is 63.1 Å². The lowest BCUT2D eigenvalue weighted by Gasteiger charge is -2.30. The van der Waals surface area contributed by atoms with Gasteiger partial charge in [-0.1, -0.05) is 45.0 Å². The molecular formula is C33H47N3O19P2. The second-order valence-corrected chi connectivity index (χ2v) is 17.1. The molecule has 0 radical (unpaired) electrons. The van der Waals surface area contributed by atoms with Gasteiger partial charge in [0.15, 0.2) is 11.8 Å². The zero-order valence-electron chi connectivity index (χ0n) is 32.3. The molecule has 4 rings (SSSR count). The molecule has 3 N–H and O–H groups in total. The molecule has 0 saturated carbocycles. The van der Waals surface area contributed by atoms with Crippen molar-refractivity contribution in [2.75, 3.05) is 6.61 Å². The Morgan fingerprint density at radius 3 is 1.95 bits per heavy atom. The Morgan fingerprint density at radius 2 is 1.40 bits per heavy atom. The zero-order valence-corrected chi connectivity index (χ0v) is 34.1. The van der Waals surface area contributed by atoms with Gasteiger partial charge in [-0.3, -0.25) is 18.5 Å². The van der Waals surface area contributed by atoms with Crippen LogP contribution in [-0.2, 0) is 57.2 Å². The summed E-state index contributed by atoms with van der Waals surface area (Å²) < 4.78 is 80.7. The molecule has 1 aliphatic rings. The lowest BCUT2D eigenvalue weighted by Crippen LogP contribution is -2.43. The topological polar surface area (TPSA) is 282 Å². The SMILES string of the molecule is CC(C)OC(=O)OC(OP(=O)(OC(OC(=O)OC(C)C)C(C)C)OP(=O)(O)OC[C@H]1O[C@@H](n2ccc(=O)n(Cc3noc4ccccc34)c2=O)[C@H](O)[C@@H]1O)C(C)C. The van der Waals surface area contributed by atoms with Crippen LogP contribution in [0.1, 0.15) is 67.3 Å². The third-order valence-corrected chi connectivity index (χ3v) is 10.7. The first-order valence-corrected chi connectivity index (χ1v) is 20.6. The van der Waals surface area contributed by atoms with Crippen LogP contribution in [0.5, 0.6) is 0 Å². The first-order valence-electron chi connectivity index (χ1n) is 17.7. The van der Waals surface area contributed by atoms with Crippen molar-refractivity contribution in [3.8, 4) is 0 Å². The fourth-order valence-corrected chi connectivity index (χ4v) is 7.97. The van der Waals surface area contributed by atoms with E-state index in [9.17, 15) is 43.4 Å². The molecule has 1 aliphatic heterocycles. The molecule has 1 fully saturated rings. The van der Waals surface area contributed by atoms with Crippen molar-refractivity contribution in [2.24, 2.45) is 11.8 Å². The standard InChI is InChI=1S/C33H47N3O19P2/c1-17(2)29(50-32(41)47-19(5)6)53-57(45,54-30(18(3)4)51-33(42)48-20(7)8)55-56(43,44)46-16-24-26(38)27(39)28(49-24)35-14-13-25(37)36(31(35)40)15-22-21-11-9-10-12-23(21)52-34-22/h9-14,17-20,24,26-30,38-39H,15-16H2,1-8H3,(H,43,44)/t24-,26-,27-,28-,29?,30?,57?/m1/s1. The van der Waals surface area contributed by atoms with E-state index in [1.807, 2.05) is 0 Å². The molecule has 0 spiro atoms. The van der Waals surface area contributed by atoms with E-state index in [-0.39, 0.29) is 12.2 Å². The number of phosphoric ester groups is 2. The van der Waals surface area contributed by atoms with E-state index in [4.69, 9.17) is 46.1 Å². The van der Waals surface area contributed by atoms with E-state index in [1.165, 1.54) is 55.4 Å². The van der Waals surface area contributed by atoms with Crippen molar-refractivity contribution < 1.29 is 79.9 Å². The van der Waals surface area contributed by atoms with Gasteiger partial charge in [-0.15, -0.1) is 0 Å². The van der Waals surface area contributed by atoms with Crippen LogP contribution in [0.15, 0.2) is 50.6 Å². The van der Waals surface area contributed by atoms with Crippen LogP contribution in [0.25, 0.3) is 11.0 Å². The highest BCUT2D eigenvalue weighted by Gasteiger charge is 2.49. The van der Waals surface area contributed by atoms with E-state index in [2.05, 4.69) is 5.16 Å². The average molecular weight is 852 g/mol. The van der Waals surface area contributed by atoms with Gasteiger partial charge >= 0.3 is 33.6 Å². The Bertz CT molecular complexity index is 2020. The number of nitrogens with zero attached hydrogens (tertiary/aromatic N) is 3. The normalized spacial score (nSPS) is 21.7. The fourth-order valence-electron chi connectivity index (χ4n) is 4.99. The summed E-state index contributed by atoms with van der Waals surface area (Å²) in [6, 6.07) is 7.76. The Kier molecular flexibility index (Phi) is 15.4. The molecule has 3 aromatic rings. The van der Waals surface area contributed by atoms with E-state index >= 15 is 0 Å². The summed E-state index contributed by atoms with van der Waals surface area (Å²) >= 11 is 0. The number of phosphoric acid groups is 2. The predicted molar refractivity (Wildman–Crippen MR) is 193 cm³/mol. The number of aliphatic hydroxyl groups excluding tert-OH is 2. The van der Waals surface area contributed by atoms with E-state index in [1.54, 1.807) is 24.3 Å². The summed E-state index contributed by atoms with van der Waals surface area (Å²) in [6.07, 6.45) is -13.4. The quantitative estimate of drug-likeness (QED) is 0.0919. The lowest BCUT2D eigenvalue weighted by molar-refractivity contribution is -0.135. The fraction of sp³-hybridized carbons (Fsp3) is 0.606. The first-order chi connectivity index (χ1) is 26.6. The van der Waals surface area contributed by atoms with Gasteiger partial charge in [-0.25, -0.2) is 32.6 Å². The van der Waals surface area contributed by atoms with Crippen molar-refractivity contribution in [1.29, 1.82) is 0 Å². The second-order valence-electron chi connectivity index (χ2n) is 13.9. The zero-order chi connectivity index (χ0) is 42.4. The highest BCUT2D eigenvalue weighted by Crippen LogP contribution is 2.65. The van der Waals surface area contributed by atoms with Crippen molar-refractivity contribution >= 4 is 38.9 Å². The molecule has 318 valence electrons. The molecule has 1 saturated heterocycles. The molecule has 3 heterocycles. The van der Waals surface area contributed by atoms with Crippen LogP contribution in [0, 0.1) is 11.8 Å². The molecule has 24 heteroatoms. The summed E-state index contributed by atoms with van der Waals surface area (Å²) in [5.41, 5.74) is -1.03. The maximum Gasteiger partial charge on any atom is 0.510 e. The molecule has 0 bridgehead atoms. The average Bonchev–Trinajstić information content (AvgIpc) is 3.63. The third kappa shape index (κ3) is 12.3. The predicted octanol–water partition coefficient (Wildman–Crippen LogP) is 4.18. The number of fused-ring (bicyclic) bond motifs is 1. The number of carbonyl (C=O) groups is 2. The monoisotopic (exact) mass is 851 g/mol. The number of aromatic nitrogens is 3. The second kappa shape index (κ2) is 19.2. The number of para-hydroxylation sites is 1. The van der Waals surface area contributed by atoms with Crippen LogP contribution >= 0.6 is 15.6 Å². The summed E-state index contributed by atoms with van der Waals surface area (Å²) in [5, 5.41) is 26.2. The molecule has 57 heavy (non-hydrogen) atoms. The number of hydrogen-bond acceptors (Lipinski definition) is 19. The Balaban J connectivity index is 1.54. The van der Waals surface area contributed by atoms with Crippen LogP contribution < -0.4 is 11.2 Å². The maximum absolute atomic E-state index is 14.2. The maximum atomic E-state index is 14.2. The van der Waals surface area contributed by atoms with Crippen molar-refractivity contribution in [3.63, 3.8) is 0 Å². The Labute approximate surface area is 325 Å². The molecule has 1 aromatic carbocycles. The smallest absolute Gasteiger partial charge is 0.432 e. The molecule has 7 atom stereocenters. The molecule has 0 aliphatic carbocycles. The van der Waals surface area contributed by atoms with E-state index in [0.29, 0.717) is 11.0 Å². The van der Waals surface area contributed by atoms with Gasteiger partial charge < -0.3 is 43.3 Å². The number of aliphatic hydroxyl groups is 2. The first kappa shape index (κ1) is 45.7. The minimum atomic E-state index is -5.63. The van der Waals surface area contributed by atoms with E-state index < -0.39 is 107 Å². The molecule has 3 unspecified atom stereocenters. The number of ether oxygens (including phenoxy) is 5. The van der Waals surface area contributed by atoms with Gasteiger partial charge in [-0.05, 0) is 39.8 Å². The van der Waals surface area contributed by atoms with E-state index in [0.717, 1.165) is 21.4 Å². The minimum Gasteiger partial charge on any atom is -0.432 e. The highest BCUT2D eigenvalue weighted by molar-refractivity contribution is 7.61. The number of carbonyl (C=O) groups excluding carboxylic acids is 2. The number of benzene rings is 1. The molecule has 22 nitrogen and oxygen atoms in total. The number of rotatable bonds is 18.